The molecule has 0 saturated heterocycles. The van der Waals surface area contributed by atoms with Gasteiger partial charge in [-0.15, -0.1) is 10.2 Å². The second-order valence-corrected chi connectivity index (χ2v) is 8.72. The van der Waals surface area contributed by atoms with Crippen molar-refractivity contribution >= 4 is 23.4 Å². The Morgan fingerprint density at radius 3 is 2.48 bits per heavy atom. The SMILES string of the molecule is Cc1ccc(OCc2nnc(SCC(=O)Nc3cccc(C)c3)n2Cc2ccccc2)cc1. The Morgan fingerprint density at radius 2 is 1.73 bits per heavy atom. The zero-order chi connectivity index (χ0) is 23.0. The molecule has 0 aliphatic heterocycles. The van der Waals surface area contributed by atoms with E-state index in [0.717, 1.165) is 22.6 Å². The molecule has 3 aromatic carbocycles. The molecule has 6 nitrogen and oxygen atoms in total. The van der Waals surface area contributed by atoms with Crippen molar-refractivity contribution < 1.29 is 9.53 Å². The lowest BCUT2D eigenvalue weighted by molar-refractivity contribution is -0.113. The summed E-state index contributed by atoms with van der Waals surface area (Å²) in [6.07, 6.45) is 0. The normalized spacial score (nSPS) is 10.7. The van der Waals surface area contributed by atoms with Gasteiger partial charge >= 0.3 is 0 Å². The lowest BCUT2D eigenvalue weighted by atomic mass is 10.2. The van der Waals surface area contributed by atoms with Crippen molar-refractivity contribution in [1.82, 2.24) is 14.8 Å². The number of benzene rings is 3. The summed E-state index contributed by atoms with van der Waals surface area (Å²) in [6.45, 7) is 4.93. The van der Waals surface area contributed by atoms with Crippen LogP contribution in [0.3, 0.4) is 0 Å². The van der Waals surface area contributed by atoms with Gasteiger partial charge in [0, 0.05) is 5.69 Å². The number of aryl methyl sites for hydroxylation is 2. The van der Waals surface area contributed by atoms with Crippen molar-refractivity contribution in [3.05, 3.63) is 101 Å². The first-order valence-corrected chi connectivity index (χ1v) is 11.7. The number of nitrogens with one attached hydrogen (secondary N) is 1. The molecule has 1 amide bonds. The van der Waals surface area contributed by atoms with E-state index in [1.807, 2.05) is 85.1 Å². The summed E-state index contributed by atoms with van der Waals surface area (Å²) in [5.74, 6) is 1.64. The van der Waals surface area contributed by atoms with Crippen LogP contribution in [0, 0.1) is 13.8 Å². The standard InChI is InChI=1S/C26H26N4O2S/c1-19-11-13-23(14-12-19)32-17-24-28-29-26(30(24)16-21-8-4-3-5-9-21)33-18-25(31)27-22-10-6-7-20(2)15-22/h3-15H,16-18H2,1-2H3,(H,27,31). The Bertz CT molecular complexity index is 1210. The molecule has 0 atom stereocenters. The van der Waals surface area contributed by atoms with Gasteiger partial charge in [-0.3, -0.25) is 9.36 Å². The van der Waals surface area contributed by atoms with E-state index in [4.69, 9.17) is 4.74 Å². The van der Waals surface area contributed by atoms with Crippen LogP contribution < -0.4 is 10.1 Å². The third-order valence-corrected chi connectivity index (χ3v) is 5.97. The third kappa shape index (κ3) is 6.46. The van der Waals surface area contributed by atoms with E-state index >= 15 is 0 Å². The molecule has 0 unspecified atom stereocenters. The molecule has 1 aromatic heterocycles. The molecule has 0 radical (unpaired) electrons. The molecule has 1 N–H and O–H groups in total. The Hall–Kier alpha value is -3.58. The number of hydrogen-bond acceptors (Lipinski definition) is 5. The summed E-state index contributed by atoms with van der Waals surface area (Å²) in [6, 6.07) is 25.8. The van der Waals surface area contributed by atoms with Crippen molar-refractivity contribution in [3.63, 3.8) is 0 Å². The van der Waals surface area contributed by atoms with E-state index in [-0.39, 0.29) is 11.7 Å². The first kappa shape index (κ1) is 22.6. The van der Waals surface area contributed by atoms with Crippen LogP contribution in [0.25, 0.3) is 0 Å². The van der Waals surface area contributed by atoms with E-state index in [0.29, 0.717) is 24.1 Å². The minimum Gasteiger partial charge on any atom is -0.486 e. The first-order chi connectivity index (χ1) is 16.1. The molecule has 0 bridgehead atoms. The van der Waals surface area contributed by atoms with Gasteiger partial charge in [-0.25, -0.2) is 0 Å². The Labute approximate surface area is 198 Å². The van der Waals surface area contributed by atoms with Crippen LogP contribution in [-0.4, -0.2) is 26.4 Å². The Balaban J connectivity index is 1.46. The predicted octanol–water partition coefficient (Wildman–Crippen LogP) is 5.25. The van der Waals surface area contributed by atoms with Crippen molar-refractivity contribution in [1.29, 1.82) is 0 Å². The maximum atomic E-state index is 12.5. The Kier molecular flexibility index (Phi) is 7.42. The number of amides is 1. The average molecular weight is 459 g/mol. The Morgan fingerprint density at radius 1 is 0.939 bits per heavy atom. The minimum atomic E-state index is -0.0858. The van der Waals surface area contributed by atoms with Crippen LogP contribution in [0.4, 0.5) is 5.69 Å². The highest BCUT2D eigenvalue weighted by Gasteiger charge is 2.15. The summed E-state index contributed by atoms with van der Waals surface area (Å²) in [4.78, 5) is 12.5. The zero-order valence-corrected chi connectivity index (χ0v) is 19.5. The maximum Gasteiger partial charge on any atom is 0.234 e. The highest BCUT2D eigenvalue weighted by atomic mass is 32.2. The molecule has 168 valence electrons. The zero-order valence-electron chi connectivity index (χ0n) is 18.7. The number of rotatable bonds is 9. The monoisotopic (exact) mass is 458 g/mol. The first-order valence-electron chi connectivity index (χ1n) is 10.7. The highest BCUT2D eigenvalue weighted by Crippen LogP contribution is 2.21. The molecule has 0 aliphatic rings. The quantitative estimate of drug-likeness (QED) is 0.347. The average Bonchev–Trinajstić information content (AvgIpc) is 3.19. The fourth-order valence-electron chi connectivity index (χ4n) is 3.29. The highest BCUT2D eigenvalue weighted by molar-refractivity contribution is 7.99. The van der Waals surface area contributed by atoms with Gasteiger partial charge in [-0.1, -0.05) is 71.9 Å². The van der Waals surface area contributed by atoms with Crippen LogP contribution in [0.1, 0.15) is 22.5 Å². The topological polar surface area (TPSA) is 69.0 Å². The molecule has 4 rings (SSSR count). The summed E-state index contributed by atoms with van der Waals surface area (Å²) in [7, 11) is 0. The van der Waals surface area contributed by atoms with Gasteiger partial charge in [0.2, 0.25) is 5.91 Å². The predicted molar refractivity (Wildman–Crippen MR) is 132 cm³/mol. The van der Waals surface area contributed by atoms with E-state index < -0.39 is 0 Å². The van der Waals surface area contributed by atoms with Crippen LogP contribution in [0.2, 0.25) is 0 Å². The summed E-state index contributed by atoms with van der Waals surface area (Å²) in [5.41, 5.74) is 4.19. The van der Waals surface area contributed by atoms with Gasteiger partial charge in [-0.2, -0.15) is 0 Å². The van der Waals surface area contributed by atoms with Crippen LogP contribution in [0.5, 0.6) is 5.75 Å². The second-order valence-electron chi connectivity index (χ2n) is 7.78. The third-order valence-electron chi connectivity index (χ3n) is 5.00. The molecular weight excluding hydrogens is 432 g/mol. The largest absolute Gasteiger partial charge is 0.486 e. The number of ether oxygens (including phenoxy) is 1. The van der Waals surface area contributed by atoms with Crippen molar-refractivity contribution in [2.75, 3.05) is 11.1 Å². The number of carbonyl (C=O) groups excluding carboxylic acids is 1. The molecule has 0 spiro atoms. The van der Waals surface area contributed by atoms with Crippen molar-refractivity contribution in [3.8, 4) is 5.75 Å². The molecule has 33 heavy (non-hydrogen) atoms. The fourth-order valence-corrected chi connectivity index (χ4v) is 4.05. The number of aromatic nitrogens is 3. The van der Waals surface area contributed by atoms with E-state index in [1.54, 1.807) is 0 Å². The van der Waals surface area contributed by atoms with Gasteiger partial charge < -0.3 is 10.1 Å². The van der Waals surface area contributed by atoms with Crippen molar-refractivity contribution in [2.45, 2.75) is 32.2 Å². The second kappa shape index (κ2) is 10.8. The lowest BCUT2D eigenvalue weighted by Crippen LogP contribution is -2.15. The molecule has 0 aliphatic carbocycles. The summed E-state index contributed by atoms with van der Waals surface area (Å²) < 4.78 is 7.95. The van der Waals surface area contributed by atoms with E-state index in [2.05, 4.69) is 27.6 Å². The number of carbonyl (C=O) groups is 1. The molecule has 7 heteroatoms. The number of thioether (sulfide) groups is 1. The fraction of sp³-hybridized carbons (Fsp3) is 0.192. The summed E-state index contributed by atoms with van der Waals surface area (Å²) >= 11 is 1.36. The van der Waals surface area contributed by atoms with E-state index in [1.165, 1.54) is 17.3 Å². The lowest BCUT2D eigenvalue weighted by Gasteiger charge is -2.12. The molecule has 0 saturated carbocycles. The van der Waals surface area contributed by atoms with Gasteiger partial charge in [0.15, 0.2) is 11.0 Å². The van der Waals surface area contributed by atoms with Crippen LogP contribution in [-0.2, 0) is 17.9 Å². The smallest absolute Gasteiger partial charge is 0.234 e. The summed E-state index contributed by atoms with van der Waals surface area (Å²) in [5, 5.41) is 12.3. The van der Waals surface area contributed by atoms with Crippen molar-refractivity contribution in [2.24, 2.45) is 0 Å². The molecule has 0 fully saturated rings. The van der Waals surface area contributed by atoms with Crippen LogP contribution in [0.15, 0.2) is 84.0 Å². The van der Waals surface area contributed by atoms with Gasteiger partial charge in [-0.05, 0) is 49.2 Å². The number of nitrogens with zero attached hydrogens (tertiary/aromatic N) is 3. The molecule has 1 heterocycles. The number of anilines is 1. The van der Waals surface area contributed by atoms with Gasteiger partial charge in [0.25, 0.3) is 0 Å². The van der Waals surface area contributed by atoms with Gasteiger partial charge in [0.05, 0.1) is 12.3 Å². The molecule has 4 aromatic rings. The number of hydrogen-bond donors (Lipinski definition) is 1. The van der Waals surface area contributed by atoms with Gasteiger partial charge in [0.1, 0.15) is 12.4 Å². The van der Waals surface area contributed by atoms with E-state index in [9.17, 15) is 4.79 Å². The van der Waals surface area contributed by atoms with Crippen LogP contribution >= 0.6 is 11.8 Å². The molecular formula is C26H26N4O2S. The minimum absolute atomic E-state index is 0.0858. The maximum absolute atomic E-state index is 12.5.